The lowest BCUT2D eigenvalue weighted by Gasteiger charge is -2.18. The maximum absolute atomic E-state index is 12.3. The monoisotopic (exact) mass is 136 g/mol. The van der Waals surface area contributed by atoms with E-state index >= 15 is 0 Å². The standard InChI is InChI=1S/C6H10ClF/c7-5-2-1-3-6(8)4-5/h5-6H,1-4H2. The van der Waals surface area contributed by atoms with Crippen LogP contribution in [-0.4, -0.2) is 11.5 Å². The van der Waals surface area contributed by atoms with Crippen LogP contribution in [0.4, 0.5) is 4.39 Å². The molecule has 1 saturated carbocycles. The van der Waals surface area contributed by atoms with Crippen LogP contribution in [0, 0.1) is 0 Å². The summed E-state index contributed by atoms with van der Waals surface area (Å²) in [6.45, 7) is 0. The van der Waals surface area contributed by atoms with E-state index in [1.165, 1.54) is 0 Å². The average molecular weight is 137 g/mol. The van der Waals surface area contributed by atoms with Crippen molar-refractivity contribution in [2.24, 2.45) is 0 Å². The Hall–Kier alpha value is 0.220. The Balaban J connectivity index is 2.23. The van der Waals surface area contributed by atoms with Crippen LogP contribution >= 0.6 is 11.6 Å². The number of alkyl halides is 2. The average Bonchev–Trinajstić information content (AvgIpc) is 1.64. The smallest absolute Gasteiger partial charge is 0.102 e. The van der Waals surface area contributed by atoms with Gasteiger partial charge >= 0.3 is 0 Å². The van der Waals surface area contributed by atoms with Gasteiger partial charge in [-0.3, -0.25) is 0 Å². The van der Waals surface area contributed by atoms with Crippen molar-refractivity contribution in [3.05, 3.63) is 0 Å². The minimum absolute atomic E-state index is 0.110. The molecule has 0 spiro atoms. The molecule has 0 aliphatic heterocycles. The normalized spacial score (nSPS) is 39.8. The van der Waals surface area contributed by atoms with Crippen LogP contribution in [0.1, 0.15) is 25.7 Å². The highest BCUT2D eigenvalue weighted by molar-refractivity contribution is 6.20. The van der Waals surface area contributed by atoms with Crippen LogP contribution in [0.3, 0.4) is 0 Å². The van der Waals surface area contributed by atoms with Gasteiger partial charge in [-0.2, -0.15) is 0 Å². The Labute approximate surface area is 54.0 Å². The predicted molar refractivity (Wildman–Crippen MR) is 33.0 cm³/mol. The number of halogens is 2. The predicted octanol–water partition coefficient (Wildman–Crippen LogP) is 2.51. The van der Waals surface area contributed by atoms with Crippen molar-refractivity contribution in [3.8, 4) is 0 Å². The second kappa shape index (κ2) is 2.67. The minimum atomic E-state index is -0.619. The molecule has 0 nitrogen and oxygen atoms in total. The van der Waals surface area contributed by atoms with Crippen LogP contribution in [-0.2, 0) is 0 Å². The quantitative estimate of drug-likeness (QED) is 0.449. The molecule has 0 bridgehead atoms. The van der Waals surface area contributed by atoms with E-state index < -0.39 is 6.17 Å². The molecule has 48 valence electrons. The van der Waals surface area contributed by atoms with E-state index in [1.807, 2.05) is 0 Å². The zero-order chi connectivity index (χ0) is 5.98. The van der Waals surface area contributed by atoms with Crippen molar-refractivity contribution in [2.75, 3.05) is 0 Å². The van der Waals surface area contributed by atoms with Gasteiger partial charge in [0.05, 0.1) is 0 Å². The summed E-state index contributed by atoms with van der Waals surface area (Å²) < 4.78 is 12.3. The molecule has 2 unspecified atom stereocenters. The van der Waals surface area contributed by atoms with E-state index in [0.717, 1.165) is 19.3 Å². The highest BCUT2D eigenvalue weighted by Crippen LogP contribution is 2.24. The largest absolute Gasteiger partial charge is 0.247 e. The summed E-state index contributed by atoms with van der Waals surface area (Å²) in [5.41, 5.74) is 0. The van der Waals surface area contributed by atoms with E-state index in [-0.39, 0.29) is 5.38 Å². The molecule has 2 heteroatoms. The van der Waals surface area contributed by atoms with Crippen LogP contribution < -0.4 is 0 Å². The summed E-state index contributed by atoms with van der Waals surface area (Å²) in [6, 6.07) is 0. The molecule has 1 aliphatic carbocycles. The zero-order valence-corrected chi connectivity index (χ0v) is 5.49. The number of hydrogen-bond donors (Lipinski definition) is 0. The zero-order valence-electron chi connectivity index (χ0n) is 4.74. The summed E-state index contributed by atoms with van der Waals surface area (Å²) >= 11 is 5.67. The maximum atomic E-state index is 12.3. The van der Waals surface area contributed by atoms with Gasteiger partial charge in [-0.05, 0) is 25.7 Å². The summed E-state index contributed by atoms with van der Waals surface area (Å²) in [6.07, 6.45) is 2.65. The molecule has 0 aromatic rings. The molecule has 1 fully saturated rings. The molecule has 0 heterocycles. The number of hydrogen-bond acceptors (Lipinski definition) is 0. The van der Waals surface area contributed by atoms with Crippen LogP contribution in [0.5, 0.6) is 0 Å². The third-order valence-electron chi connectivity index (χ3n) is 1.55. The van der Waals surface area contributed by atoms with Crippen LogP contribution in [0.15, 0.2) is 0 Å². The molecule has 8 heavy (non-hydrogen) atoms. The molecule has 0 N–H and O–H groups in total. The molecule has 0 aromatic carbocycles. The van der Waals surface area contributed by atoms with Gasteiger partial charge < -0.3 is 0 Å². The highest BCUT2D eigenvalue weighted by Gasteiger charge is 2.18. The Bertz CT molecular complexity index is 66.9. The molecular formula is C6H10ClF. The van der Waals surface area contributed by atoms with Crippen molar-refractivity contribution in [2.45, 2.75) is 37.2 Å². The highest BCUT2D eigenvalue weighted by atomic mass is 35.5. The van der Waals surface area contributed by atoms with E-state index in [1.54, 1.807) is 0 Å². The molecule has 1 rings (SSSR count). The molecular weight excluding hydrogens is 127 g/mol. The number of rotatable bonds is 0. The van der Waals surface area contributed by atoms with Crippen molar-refractivity contribution in [3.63, 3.8) is 0 Å². The minimum Gasteiger partial charge on any atom is -0.247 e. The SMILES string of the molecule is FC1CCCC(Cl)C1. The fourth-order valence-electron chi connectivity index (χ4n) is 1.07. The lowest BCUT2D eigenvalue weighted by molar-refractivity contribution is 0.254. The van der Waals surface area contributed by atoms with E-state index in [9.17, 15) is 4.39 Å². The Morgan fingerprint density at radius 3 is 2.50 bits per heavy atom. The van der Waals surface area contributed by atoms with E-state index in [4.69, 9.17) is 11.6 Å². The fourth-order valence-corrected chi connectivity index (χ4v) is 1.42. The first-order valence-corrected chi connectivity index (χ1v) is 3.51. The third kappa shape index (κ3) is 1.62. The summed E-state index contributed by atoms with van der Waals surface area (Å²) in [7, 11) is 0. The van der Waals surface area contributed by atoms with Crippen LogP contribution in [0.25, 0.3) is 0 Å². The van der Waals surface area contributed by atoms with Crippen molar-refractivity contribution in [1.82, 2.24) is 0 Å². The van der Waals surface area contributed by atoms with Gasteiger partial charge in [0.25, 0.3) is 0 Å². The molecule has 1 aliphatic rings. The van der Waals surface area contributed by atoms with Gasteiger partial charge in [-0.1, -0.05) is 0 Å². The molecule has 2 atom stereocenters. The topological polar surface area (TPSA) is 0 Å². The van der Waals surface area contributed by atoms with E-state index in [0.29, 0.717) is 6.42 Å². The molecule has 0 aromatic heterocycles. The Morgan fingerprint density at radius 2 is 2.12 bits per heavy atom. The first-order valence-electron chi connectivity index (χ1n) is 3.07. The fraction of sp³-hybridized carbons (Fsp3) is 1.00. The first kappa shape index (κ1) is 6.34. The van der Waals surface area contributed by atoms with Crippen molar-refractivity contribution >= 4 is 11.6 Å². The first-order chi connectivity index (χ1) is 3.79. The molecule has 0 radical (unpaired) electrons. The Morgan fingerprint density at radius 1 is 1.38 bits per heavy atom. The van der Waals surface area contributed by atoms with Crippen molar-refractivity contribution < 1.29 is 4.39 Å². The second-order valence-corrected chi connectivity index (χ2v) is 2.98. The third-order valence-corrected chi connectivity index (χ3v) is 1.94. The van der Waals surface area contributed by atoms with Gasteiger partial charge in [0.2, 0.25) is 0 Å². The van der Waals surface area contributed by atoms with Crippen LogP contribution in [0.2, 0.25) is 0 Å². The van der Waals surface area contributed by atoms with Gasteiger partial charge in [-0.15, -0.1) is 11.6 Å². The van der Waals surface area contributed by atoms with Gasteiger partial charge in [-0.25, -0.2) is 4.39 Å². The van der Waals surface area contributed by atoms with Gasteiger partial charge in [0.1, 0.15) is 6.17 Å². The summed E-state index contributed by atoms with van der Waals surface area (Å²) in [5, 5.41) is 0.110. The maximum Gasteiger partial charge on any atom is 0.102 e. The lowest BCUT2D eigenvalue weighted by Crippen LogP contribution is -2.15. The van der Waals surface area contributed by atoms with E-state index in [2.05, 4.69) is 0 Å². The Kier molecular flexibility index (Phi) is 2.12. The van der Waals surface area contributed by atoms with Gasteiger partial charge in [0.15, 0.2) is 0 Å². The lowest BCUT2D eigenvalue weighted by atomic mass is 9.99. The summed E-state index contributed by atoms with van der Waals surface area (Å²) in [5.74, 6) is 0. The summed E-state index contributed by atoms with van der Waals surface area (Å²) in [4.78, 5) is 0. The van der Waals surface area contributed by atoms with Gasteiger partial charge in [0, 0.05) is 5.38 Å². The molecule has 0 amide bonds. The molecule has 0 saturated heterocycles. The second-order valence-electron chi connectivity index (χ2n) is 2.36. The van der Waals surface area contributed by atoms with Crippen molar-refractivity contribution in [1.29, 1.82) is 0 Å².